The Hall–Kier alpha value is -0.390. The third kappa shape index (κ3) is 24.0. The molecular weight excluding hydrogens is 461 g/mol. The van der Waals surface area contributed by atoms with Gasteiger partial charge in [0, 0.05) is 19.4 Å². The monoisotopic (exact) mass is 519 g/mol. The molecule has 208 valence electrons. The molecule has 6 heteroatoms. The number of hydrogen-bond donors (Lipinski definition) is 0. The van der Waals surface area contributed by atoms with Crippen molar-refractivity contribution in [2.75, 3.05) is 13.7 Å². The molecule has 0 aliphatic rings. The summed E-state index contributed by atoms with van der Waals surface area (Å²) in [5, 5.41) is 0. The van der Waals surface area contributed by atoms with Crippen LogP contribution in [0.3, 0.4) is 0 Å². The third-order valence-electron chi connectivity index (χ3n) is 6.86. The number of amides is 2. The molecule has 0 spiro atoms. The van der Waals surface area contributed by atoms with E-state index in [1.165, 1.54) is 102 Å². The van der Waals surface area contributed by atoms with Gasteiger partial charge in [-0.2, -0.15) is 0 Å². The second-order valence-corrected chi connectivity index (χ2v) is 10.1. The van der Waals surface area contributed by atoms with Gasteiger partial charge in [0.15, 0.2) is 0 Å². The second kappa shape index (κ2) is 29.2. The Balaban J connectivity index is 0. The average molecular weight is 520 g/mol. The zero-order chi connectivity index (χ0) is 26.0. The molecule has 0 saturated heterocycles. The quantitative estimate of drug-likeness (QED) is 0.0699. The molecule has 0 N–H and O–H groups in total. The number of unbranched alkanes of at least 4 members (excludes halogenated alkanes) is 18. The van der Waals surface area contributed by atoms with Crippen LogP contribution in [0, 0.1) is 0 Å². The molecule has 0 aliphatic carbocycles. The molecule has 0 aromatic carbocycles. The van der Waals surface area contributed by atoms with E-state index in [0.717, 1.165) is 38.5 Å². The third-order valence-corrected chi connectivity index (χ3v) is 6.86. The van der Waals surface area contributed by atoms with Gasteiger partial charge in [0.2, 0.25) is 11.8 Å². The van der Waals surface area contributed by atoms with Crippen LogP contribution in [0.2, 0.25) is 0 Å². The summed E-state index contributed by atoms with van der Waals surface area (Å²) in [6.45, 7) is 4.62. The first-order valence-corrected chi connectivity index (χ1v) is 15.0. The van der Waals surface area contributed by atoms with Gasteiger partial charge in [0.1, 0.15) is 0 Å². The van der Waals surface area contributed by atoms with Gasteiger partial charge in [-0.15, -0.1) is 0 Å². The summed E-state index contributed by atoms with van der Waals surface area (Å²) >= 11 is 0. The number of methoxy groups -OCH3 is 1. The van der Waals surface area contributed by atoms with Crippen LogP contribution in [-0.2, 0) is 19.1 Å². The van der Waals surface area contributed by atoms with E-state index >= 15 is 0 Å². The summed E-state index contributed by atoms with van der Waals surface area (Å²) in [7, 11) is 1.34. The molecule has 36 heavy (non-hydrogen) atoms. The Morgan fingerprint density at radius 3 is 1.11 bits per heavy atom. The molecule has 0 unspecified atom stereocenters. The van der Waals surface area contributed by atoms with Crippen molar-refractivity contribution in [3.05, 3.63) is 0 Å². The number of nitrogens with zero attached hydrogens (tertiary/aromatic N) is 1. The van der Waals surface area contributed by atoms with Gasteiger partial charge in [0.05, 0.1) is 13.5 Å². The average Bonchev–Trinajstić information content (AvgIpc) is 2.86. The fourth-order valence-electron chi connectivity index (χ4n) is 4.49. The minimum absolute atomic E-state index is 0. The molecule has 5 nitrogen and oxygen atoms in total. The van der Waals surface area contributed by atoms with Crippen LogP contribution in [0.1, 0.15) is 162 Å². The summed E-state index contributed by atoms with van der Waals surface area (Å²) in [6, 6.07) is 0. The van der Waals surface area contributed by atoms with Gasteiger partial charge in [0.25, 0.3) is 0 Å². The SMILES string of the molecule is CCCCCCCCCCCCCC(=O)N(CCC(=O)OC)C(=O)CCCCCCCCCCC.[NaH]. The zero-order valence-electron chi connectivity index (χ0n) is 23.6. The van der Waals surface area contributed by atoms with Crippen LogP contribution in [0.5, 0.6) is 0 Å². The van der Waals surface area contributed by atoms with Gasteiger partial charge in [-0.1, -0.05) is 129 Å². The normalized spacial score (nSPS) is 10.6. The van der Waals surface area contributed by atoms with Crippen molar-refractivity contribution in [2.45, 2.75) is 162 Å². The number of esters is 1. The molecule has 0 aromatic heterocycles. The predicted molar refractivity (Wildman–Crippen MR) is 153 cm³/mol. The van der Waals surface area contributed by atoms with E-state index in [9.17, 15) is 14.4 Å². The van der Waals surface area contributed by atoms with Crippen LogP contribution in [0.15, 0.2) is 0 Å². The van der Waals surface area contributed by atoms with E-state index in [4.69, 9.17) is 4.74 Å². The Morgan fingerprint density at radius 1 is 0.500 bits per heavy atom. The fraction of sp³-hybridized carbons (Fsp3) is 0.900. The Bertz CT molecular complexity index is 527. The number of rotatable bonds is 25. The van der Waals surface area contributed by atoms with Gasteiger partial charge in [-0.05, 0) is 12.8 Å². The maximum atomic E-state index is 12.8. The zero-order valence-corrected chi connectivity index (χ0v) is 23.6. The summed E-state index contributed by atoms with van der Waals surface area (Å²) in [5.74, 6) is -0.649. The van der Waals surface area contributed by atoms with Crippen molar-refractivity contribution >= 4 is 47.3 Å². The van der Waals surface area contributed by atoms with E-state index in [1.54, 1.807) is 0 Å². The number of ether oxygens (including phenoxy) is 1. The van der Waals surface area contributed by atoms with Gasteiger partial charge in [-0.25, -0.2) is 0 Å². The number of carbonyl (C=O) groups excluding carboxylic acids is 3. The van der Waals surface area contributed by atoms with Crippen molar-refractivity contribution in [3.8, 4) is 0 Å². The minimum atomic E-state index is -0.381. The van der Waals surface area contributed by atoms with Crippen molar-refractivity contribution in [1.82, 2.24) is 4.90 Å². The molecule has 0 fully saturated rings. The fourth-order valence-corrected chi connectivity index (χ4v) is 4.49. The standard InChI is InChI=1S/C30H57NO4.Na.H/c1-4-6-8-10-12-14-15-17-19-21-23-25-29(33)31(27-26-30(34)35-3)28(32)24-22-20-18-16-13-11-9-7-5-2;;/h4-27H2,1-3H3;;. The number of hydrogen-bond acceptors (Lipinski definition) is 4. The molecule has 0 bridgehead atoms. The summed E-state index contributed by atoms with van der Waals surface area (Å²) in [4.78, 5) is 38.4. The van der Waals surface area contributed by atoms with Gasteiger partial charge in [-0.3, -0.25) is 19.3 Å². The predicted octanol–water partition coefficient (Wildman–Crippen LogP) is 7.88. The summed E-state index contributed by atoms with van der Waals surface area (Å²) < 4.78 is 4.70. The van der Waals surface area contributed by atoms with Crippen molar-refractivity contribution in [1.29, 1.82) is 0 Å². The van der Waals surface area contributed by atoms with E-state index < -0.39 is 0 Å². The second-order valence-electron chi connectivity index (χ2n) is 10.1. The molecule has 0 heterocycles. The van der Waals surface area contributed by atoms with Crippen molar-refractivity contribution in [2.24, 2.45) is 0 Å². The Kier molecular flexibility index (Phi) is 30.6. The molecule has 0 aliphatic heterocycles. The molecule has 0 rings (SSSR count). The van der Waals surface area contributed by atoms with E-state index in [0.29, 0.717) is 12.8 Å². The molecule has 0 saturated carbocycles. The van der Waals surface area contributed by atoms with Crippen molar-refractivity contribution < 1.29 is 19.1 Å². The van der Waals surface area contributed by atoms with E-state index in [-0.39, 0.29) is 60.3 Å². The first-order valence-electron chi connectivity index (χ1n) is 15.0. The molecule has 0 atom stereocenters. The van der Waals surface area contributed by atoms with E-state index in [2.05, 4.69) is 13.8 Å². The molecule has 0 radical (unpaired) electrons. The molecule has 2 amide bonds. The van der Waals surface area contributed by atoms with Gasteiger partial charge >= 0.3 is 35.5 Å². The topological polar surface area (TPSA) is 63.7 Å². The van der Waals surface area contributed by atoms with Crippen LogP contribution >= 0.6 is 0 Å². The first kappa shape index (κ1) is 37.8. The van der Waals surface area contributed by atoms with Crippen LogP contribution < -0.4 is 0 Å². The molecule has 0 aromatic rings. The van der Waals surface area contributed by atoms with Crippen LogP contribution in [0.25, 0.3) is 0 Å². The molecular formula is C30H58NNaO4. The first-order chi connectivity index (χ1) is 17.1. The van der Waals surface area contributed by atoms with Crippen LogP contribution in [0.4, 0.5) is 0 Å². The maximum absolute atomic E-state index is 12.8. The van der Waals surface area contributed by atoms with Crippen molar-refractivity contribution in [3.63, 3.8) is 0 Å². The van der Waals surface area contributed by atoms with E-state index in [1.807, 2.05) is 0 Å². The number of imide groups is 1. The Morgan fingerprint density at radius 2 is 0.806 bits per heavy atom. The Labute approximate surface area is 245 Å². The van der Waals surface area contributed by atoms with Gasteiger partial charge < -0.3 is 4.74 Å². The summed E-state index contributed by atoms with van der Waals surface area (Å²) in [5.41, 5.74) is 0. The van der Waals surface area contributed by atoms with Crippen LogP contribution in [-0.4, -0.2) is 65.9 Å². The number of carbonyl (C=O) groups is 3. The summed E-state index contributed by atoms with van der Waals surface area (Å²) in [6.07, 6.45) is 25.1.